The van der Waals surface area contributed by atoms with E-state index in [-0.39, 0.29) is 11.6 Å². The molecule has 2 aromatic carbocycles. The zero-order valence-corrected chi connectivity index (χ0v) is 23.0. The van der Waals surface area contributed by atoms with Gasteiger partial charge in [-0.25, -0.2) is 4.98 Å². The first-order valence-corrected chi connectivity index (χ1v) is 13.5. The van der Waals surface area contributed by atoms with Gasteiger partial charge in [-0.3, -0.25) is 9.69 Å². The topological polar surface area (TPSA) is 53.4 Å². The number of nitrogens with zero attached hydrogens (tertiary/aromatic N) is 4. The molecular weight excluding hydrogens is 493 g/mol. The van der Waals surface area contributed by atoms with Crippen molar-refractivity contribution < 1.29 is 0 Å². The Morgan fingerprint density at radius 1 is 1.03 bits per heavy atom. The average molecular weight is 529 g/mol. The van der Waals surface area contributed by atoms with Crippen molar-refractivity contribution in [2.24, 2.45) is 5.92 Å². The van der Waals surface area contributed by atoms with Crippen LogP contribution in [0.4, 0.5) is 5.95 Å². The van der Waals surface area contributed by atoms with Gasteiger partial charge in [0.05, 0.1) is 17.3 Å². The molecule has 6 nitrogen and oxygen atoms in total. The van der Waals surface area contributed by atoms with E-state index >= 15 is 0 Å². The predicted molar refractivity (Wildman–Crippen MR) is 150 cm³/mol. The Morgan fingerprint density at radius 3 is 2.22 bits per heavy atom. The molecule has 192 valence electrons. The lowest BCUT2D eigenvalue weighted by Gasteiger charge is -2.31. The van der Waals surface area contributed by atoms with Gasteiger partial charge in [0.15, 0.2) is 0 Å². The van der Waals surface area contributed by atoms with Crippen LogP contribution in [0.3, 0.4) is 0 Å². The first-order valence-electron chi connectivity index (χ1n) is 12.7. The average Bonchev–Trinajstić information content (AvgIpc) is 3.71. The van der Waals surface area contributed by atoms with Gasteiger partial charge in [0.1, 0.15) is 0 Å². The molecule has 36 heavy (non-hydrogen) atoms. The lowest BCUT2D eigenvalue weighted by Crippen LogP contribution is -2.44. The van der Waals surface area contributed by atoms with Gasteiger partial charge in [0.25, 0.3) is 5.56 Å². The van der Waals surface area contributed by atoms with E-state index in [0.717, 1.165) is 53.7 Å². The monoisotopic (exact) mass is 527 g/mol. The smallest absolute Gasteiger partial charge is 0.278 e. The number of fused-ring (bicyclic) bond motifs is 1. The third-order valence-electron chi connectivity index (χ3n) is 6.61. The molecule has 1 aliphatic heterocycles. The number of nitrogens with one attached hydrogen (secondary N) is 1. The summed E-state index contributed by atoms with van der Waals surface area (Å²) in [4.78, 5) is 20.9. The Balaban J connectivity index is 0.00000148. The molecule has 0 spiro atoms. The molecular formula is C28H35Cl2N5O. The van der Waals surface area contributed by atoms with E-state index in [4.69, 9.17) is 28.2 Å². The maximum atomic E-state index is 13.6. The van der Waals surface area contributed by atoms with Gasteiger partial charge in [-0.1, -0.05) is 61.3 Å². The lowest BCUT2D eigenvalue weighted by atomic mass is 10.0. The van der Waals surface area contributed by atoms with Crippen molar-refractivity contribution in [3.63, 3.8) is 0 Å². The van der Waals surface area contributed by atoms with E-state index in [0.29, 0.717) is 18.4 Å². The summed E-state index contributed by atoms with van der Waals surface area (Å²) in [5, 5.41) is 6.87. The first-order chi connectivity index (χ1) is 17.4. The minimum Gasteiger partial charge on any atom is -0.347 e. The van der Waals surface area contributed by atoms with Crippen molar-refractivity contribution in [2.45, 2.75) is 52.2 Å². The highest BCUT2D eigenvalue weighted by molar-refractivity contribution is 6.30. The molecule has 1 N–H and O–H groups in total. The SMILES string of the molecule is CC.CN(C)n1c(NC(c2ccc(Cl)cc2)C2CC2)nc2c(c1=O)CN(Cc1ccc(Cl)cc1)CC2. The second-order valence-corrected chi connectivity index (χ2v) is 10.3. The number of hydrogen-bond acceptors (Lipinski definition) is 5. The van der Waals surface area contributed by atoms with Crippen LogP contribution < -0.4 is 15.9 Å². The van der Waals surface area contributed by atoms with E-state index in [9.17, 15) is 4.79 Å². The Bertz CT molecular complexity index is 1220. The van der Waals surface area contributed by atoms with Crippen LogP contribution in [0, 0.1) is 5.92 Å². The standard InChI is InChI=1S/C26H29Cl2N5O.C2H6/c1-31(2)33-25(34)22-16-32(15-17-3-9-20(27)10-4-17)14-13-23(22)29-26(33)30-24(18-5-6-18)19-7-11-21(28)12-8-19;1-2/h3-4,7-12,18,24H,5-6,13-16H2,1-2H3,(H,29,30);1-2H3. The van der Waals surface area contributed by atoms with Crippen molar-refractivity contribution >= 4 is 29.2 Å². The van der Waals surface area contributed by atoms with E-state index < -0.39 is 0 Å². The zero-order chi connectivity index (χ0) is 25.8. The van der Waals surface area contributed by atoms with Crippen LogP contribution in [0.1, 0.15) is 55.1 Å². The lowest BCUT2D eigenvalue weighted by molar-refractivity contribution is 0.241. The molecule has 1 fully saturated rings. The highest BCUT2D eigenvalue weighted by Crippen LogP contribution is 2.43. The number of hydrogen-bond donors (Lipinski definition) is 1. The van der Waals surface area contributed by atoms with Gasteiger partial charge in [-0.15, -0.1) is 0 Å². The van der Waals surface area contributed by atoms with Gasteiger partial charge in [-0.2, -0.15) is 4.68 Å². The third kappa shape index (κ3) is 6.05. The van der Waals surface area contributed by atoms with Gasteiger partial charge in [0.2, 0.25) is 5.95 Å². The number of halogens is 2. The minimum atomic E-state index is -0.0102. The molecule has 0 radical (unpaired) electrons. The van der Waals surface area contributed by atoms with Crippen molar-refractivity contribution in [2.75, 3.05) is 31.0 Å². The summed E-state index contributed by atoms with van der Waals surface area (Å²) in [6.45, 7) is 6.22. The minimum absolute atomic E-state index is 0.0102. The molecule has 8 heteroatoms. The van der Waals surface area contributed by atoms with Crippen molar-refractivity contribution in [3.8, 4) is 0 Å². The van der Waals surface area contributed by atoms with Crippen molar-refractivity contribution in [3.05, 3.63) is 91.3 Å². The molecule has 1 aromatic heterocycles. The van der Waals surface area contributed by atoms with Crippen LogP contribution in [0.25, 0.3) is 0 Å². The highest BCUT2D eigenvalue weighted by Gasteiger charge is 2.34. The molecule has 2 heterocycles. The van der Waals surface area contributed by atoms with Crippen LogP contribution in [0.2, 0.25) is 10.0 Å². The molecule has 0 bridgehead atoms. The largest absolute Gasteiger partial charge is 0.347 e. The Kier molecular flexibility index (Phi) is 8.60. The van der Waals surface area contributed by atoms with Gasteiger partial charge in [-0.05, 0) is 54.2 Å². The number of aromatic nitrogens is 2. The van der Waals surface area contributed by atoms with Gasteiger partial charge >= 0.3 is 0 Å². The maximum Gasteiger partial charge on any atom is 0.278 e. The Labute approximate surface area is 223 Å². The molecule has 2 aliphatic rings. The van der Waals surface area contributed by atoms with Gasteiger partial charge in [0, 0.05) is 50.2 Å². The zero-order valence-electron chi connectivity index (χ0n) is 21.5. The van der Waals surface area contributed by atoms with Crippen LogP contribution in [0.15, 0.2) is 53.3 Å². The summed E-state index contributed by atoms with van der Waals surface area (Å²) in [6, 6.07) is 15.9. The molecule has 5 rings (SSSR count). The fourth-order valence-corrected chi connectivity index (χ4v) is 4.93. The predicted octanol–water partition coefficient (Wildman–Crippen LogP) is 5.90. The summed E-state index contributed by atoms with van der Waals surface area (Å²) < 4.78 is 1.66. The Hall–Kier alpha value is -2.54. The fraction of sp³-hybridized carbons (Fsp3) is 0.429. The summed E-state index contributed by atoms with van der Waals surface area (Å²) in [6.07, 6.45) is 3.07. The second-order valence-electron chi connectivity index (χ2n) is 9.42. The number of rotatable bonds is 7. The maximum absolute atomic E-state index is 13.6. The first kappa shape index (κ1) is 26.5. The quantitative estimate of drug-likeness (QED) is 0.414. The van der Waals surface area contributed by atoms with E-state index in [1.54, 1.807) is 4.68 Å². The fourth-order valence-electron chi connectivity index (χ4n) is 4.68. The summed E-state index contributed by atoms with van der Waals surface area (Å²) in [5.41, 5.74) is 4.00. The summed E-state index contributed by atoms with van der Waals surface area (Å²) in [7, 11) is 3.76. The molecule has 0 saturated heterocycles. The van der Waals surface area contributed by atoms with E-state index in [2.05, 4.69) is 22.3 Å². The second kappa shape index (κ2) is 11.7. The summed E-state index contributed by atoms with van der Waals surface area (Å²) in [5.74, 6) is 1.13. The van der Waals surface area contributed by atoms with Crippen LogP contribution >= 0.6 is 23.2 Å². The molecule has 1 aliphatic carbocycles. The van der Waals surface area contributed by atoms with Crippen LogP contribution in [-0.4, -0.2) is 35.2 Å². The van der Waals surface area contributed by atoms with Crippen molar-refractivity contribution in [1.29, 1.82) is 0 Å². The molecule has 1 unspecified atom stereocenters. The number of anilines is 1. The van der Waals surface area contributed by atoms with Crippen LogP contribution in [-0.2, 0) is 19.5 Å². The van der Waals surface area contributed by atoms with E-state index in [1.165, 1.54) is 11.1 Å². The van der Waals surface area contributed by atoms with E-state index in [1.807, 2.05) is 69.3 Å². The van der Waals surface area contributed by atoms with Crippen LogP contribution in [0.5, 0.6) is 0 Å². The Morgan fingerprint density at radius 2 is 1.64 bits per heavy atom. The molecule has 0 amide bonds. The van der Waals surface area contributed by atoms with Gasteiger partial charge < -0.3 is 10.3 Å². The normalized spacial score (nSPS) is 15.9. The molecule has 1 atom stereocenters. The highest BCUT2D eigenvalue weighted by atomic mass is 35.5. The summed E-state index contributed by atoms with van der Waals surface area (Å²) >= 11 is 12.1. The molecule has 3 aromatic rings. The molecule has 1 saturated carbocycles. The number of benzene rings is 2. The van der Waals surface area contributed by atoms with Crippen molar-refractivity contribution in [1.82, 2.24) is 14.6 Å². The third-order valence-corrected chi connectivity index (χ3v) is 7.12.